The molecule has 0 spiro atoms. The van der Waals surface area contributed by atoms with Gasteiger partial charge in [0.15, 0.2) is 5.70 Å². The van der Waals surface area contributed by atoms with Crippen molar-refractivity contribution in [3.8, 4) is 0 Å². The minimum Gasteiger partial charge on any atom is -0.402 e. The standard InChI is InChI=1S/C16H11BrN2O3S/c1-9(20)18-11-4-2-10(3-5-11)15-19-13(16(21)22-15)8-12-6-7-14(17)23-12/h2-8H,1H3,(H,18,20)/b13-8+. The van der Waals surface area contributed by atoms with E-state index in [0.717, 1.165) is 8.66 Å². The van der Waals surface area contributed by atoms with Crippen LogP contribution in [0.5, 0.6) is 0 Å². The summed E-state index contributed by atoms with van der Waals surface area (Å²) >= 11 is 4.88. The van der Waals surface area contributed by atoms with Gasteiger partial charge in [0.1, 0.15) is 0 Å². The Bertz CT molecular complexity index is 837. The molecule has 23 heavy (non-hydrogen) atoms. The van der Waals surface area contributed by atoms with E-state index in [0.29, 0.717) is 11.3 Å². The largest absolute Gasteiger partial charge is 0.402 e. The number of nitrogens with zero attached hydrogens (tertiary/aromatic N) is 1. The highest BCUT2D eigenvalue weighted by atomic mass is 79.9. The summed E-state index contributed by atoms with van der Waals surface area (Å²) < 4.78 is 6.19. The van der Waals surface area contributed by atoms with Crippen LogP contribution in [0.1, 0.15) is 17.4 Å². The van der Waals surface area contributed by atoms with Gasteiger partial charge in [-0.15, -0.1) is 11.3 Å². The minimum atomic E-state index is -0.476. The molecule has 0 saturated heterocycles. The van der Waals surface area contributed by atoms with Crippen LogP contribution in [0.25, 0.3) is 6.08 Å². The highest BCUT2D eigenvalue weighted by molar-refractivity contribution is 9.11. The molecule has 1 N–H and O–H groups in total. The van der Waals surface area contributed by atoms with Crippen LogP contribution in [-0.2, 0) is 14.3 Å². The second-order valence-electron chi connectivity index (χ2n) is 4.74. The van der Waals surface area contributed by atoms with Gasteiger partial charge in [0.2, 0.25) is 11.8 Å². The molecule has 1 aliphatic heterocycles. The Hall–Kier alpha value is -2.25. The zero-order valence-corrected chi connectivity index (χ0v) is 14.4. The van der Waals surface area contributed by atoms with Gasteiger partial charge in [-0.25, -0.2) is 9.79 Å². The number of aliphatic imine (C=N–C) groups is 1. The van der Waals surface area contributed by atoms with Crippen molar-refractivity contribution < 1.29 is 14.3 Å². The molecular weight excluding hydrogens is 380 g/mol. The maximum Gasteiger partial charge on any atom is 0.363 e. The molecule has 2 heterocycles. The van der Waals surface area contributed by atoms with Crippen LogP contribution < -0.4 is 5.32 Å². The summed E-state index contributed by atoms with van der Waals surface area (Å²) in [6.07, 6.45) is 1.69. The maximum atomic E-state index is 11.9. The highest BCUT2D eigenvalue weighted by Gasteiger charge is 2.24. The second kappa shape index (κ2) is 6.47. The molecule has 1 amide bonds. The lowest BCUT2D eigenvalue weighted by Crippen LogP contribution is -2.07. The molecule has 1 aromatic carbocycles. The van der Waals surface area contributed by atoms with E-state index in [4.69, 9.17) is 4.74 Å². The lowest BCUT2D eigenvalue weighted by molar-refractivity contribution is -0.129. The number of anilines is 1. The van der Waals surface area contributed by atoms with Crippen molar-refractivity contribution >= 4 is 56.8 Å². The average molecular weight is 391 g/mol. The first-order valence-electron chi connectivity index (χ1n) is 6.67. The average Bonchev–Trinajstić information content (AvgIpc) is 3.06. The Morgan fingerprint density at radius 2 is 2.00 bits per heavy atom. The smallest absolute Gasteiger partial charge is 0.363 e. The van der Waals surface area contributed by atoms with E-state index in [2.05, 4.69) is 26.2 Å². The van der Waals surface area contributed by atoms with Crippen molar-refractivity contribution in [3.05, 3.63) is 56.3 Å². The molecule has 1 aliphatic rings. The summed E-state index contributed by atoms with van der Waals surface area (Å²) in [6.45, 7) is 1.44. The third kappa shape index (κ3) is 3.75. The van der Waals surface area contributed by atoms with Crippen molar-refractivity contribution in [1.29, 1.82) is 0 Å². The number of nitrogens with one attached hydrogen (secondary N) is 1. The molecule has 0 fully saturated rings. The van der Waals surface area contributed by atoms with E-state index >= 15 is 0 Å². The summed E-state index contributed by atoms with van der Waals surface area (Å²) in [7, 11) is 0. The third-order valence-electron chi connectivity index (χ3n) is 2.95. The molecule has 0 radical (unpaired) electrons. The number of hydrogen-bond donors (Lipinski definition) is 1. The fourth-order valence-corrected chi connectivity index (χ4v) is 3.33. The van der Waals surface area contributed by atoms with Crippen molar-refractivity contribution in [3.63, 3.8) is 0 Å². The predicted molar refractivity (Wildman–Crippen MR) is 93.4 cm³/mol. The van der Waals surface area contributed by atoms with Gasteiger partial charge in [-0.1, -0.05) is 0 Å². The van der Waals surface area contributed by atoms with Crippen molar-refractivity contribution in [2.24, 2.45) is 4.99 Å². The first kappa shape index (κ1) is 15.6. The molecule has 0 atom stereocenters. The number of carbonyl (C=O) groups excluding carboxylic acids is 2. The van der Waals surface area contributed by atoms with Gasteiger partial charge >= 0.3 is 5.97 Å². The molecule has 1 aromatic heterocycles. The van der Waals surface area contributed by atoms with Gasteiger partial charge in [-0.2, -0.15) is 0 Å². The number of esters is 1. The first-order valence-corrected chi connectivity index (χ1v) is 8.28. The van der Waals surface area contributed by atoms with E-state index in [-0.39, 0.29) is 17.5 Å². The summed E-state index contributed by atoms with van der Waals surface area (Å²) in [5.74, 6) is -0.364. The van der Waals surface area contributed by atoms with E-state index in [9.17, 15) is 9.59 Å². The molecule has 0 unspecified atom stereocenters. The molecule has 2 aromatic rings. The Balaban J connectivity index is 1.83. The number of rotatable bonds is 3. The van der Waals surface area contributed by atoms with Crippen molar-refractivity contribution in [2.75, 3.05) is 5.32 Å². The van der Waals surface area contributed by atoms with Gasteiger partial charge in [0.05, 0.1) is 3.79 Å². The zero-order chi connectivity index (χ0) is 16.4. The van der Waals surface area contributed by atoms with Crippen LogP contribution in [0, 0.1) is 0 Å². The summed E-state index contributed by atoms with van der Waals surface area (Å²) in [6, 6.07) is 10.7. The molecule has 116 valence electrons. The van der Waals surface area contributed by atoms with E-state index in [1.54, 1.807) is 30.3 Å². The summed E-state index contributed by atoms with van der Waals surface area (Å²) in [4.78, 5) is 28.1. The predicted octanol–water partition coefficient (Wildman–Crippen LogP) is 3.81. The van der Waals surface area contributed by atoms with E-state index in [1.165, 1.54) is 18.3 Å². The number of benzene rings is 1. The molecule has 0 aliphatic carbocycles. The fraction of sp³-hybridized carbons (Fsp3) is 0.0625. The normalized spacial score (nSPS) is 15.5. The number of carbonyl (C=O) groups is 2. The number of thiophene rings is 1. The summed E-state index contributed by atoms with van der Waals surface area (Å²) in [5, 5.41) is 2.67. The third-order valence-corrected chi connectivity index (χ3v) is 4.52. The minimum absolute atomic E-state index is 0.144. The Labute approximate surface area is 144 Å². The Kier molecular flexibility index (Phi) is 4.40. The van der Waals surface area contributed by atoms with Crippen molar-refractivity contribution in [2.45, 2.75) is 6.92 Å². The van der Waals surface area contributed by atoms with Crippen molar-refractivity contribution in [1.82, 2.24) is 0 Å². The van der Waals surface area contributed by atoms with Crippen LogP contribution in [-0.4, -0.2) is 17.8 Å². The molecule has 3 rings (SSSR count). The topological polar surface area (TPSA) is 67.8 Å². The fourth-order valence-electron chi connectivity index (χ4n) is 1.97. The number of halogens is 1. The number of cyclic esters (lactones) is 1. The molecule has 5 nitrogen and oxygen atoms in total. The van der Waals surface area contributed by atoms with Gasteiger partial charge in [-0.05, 0) is 58.4 Å². The molecule has 7 heteroatoms. The van der Waals surface area contributed by atoms with Crippen LogP contribution >= 0.6 is 27.3 Å². The van der Waals surface area contributed by atoms with Crippen LogP contribution in [0.2, 0.25) is 0 Å². The monoisotopic (exact) mass is 390 g/mol. The highest BCUT2D eigenvalue weighted by Crippen LogP contribution is 2.26. The van der Waals surface area contributed by atoms with Gasteiger partial charge < -0.3 is 10.1 Å². The van der Waals surface area contributed by atoms with E-state index < -0.39 is 5.97 Å². The zero-order valence-electron chi connectivity index (χ0n) is 12.0. The molecular formula is C16H11BrN2O3S. The quantitative estimate of drug-likeness (QED) is 0.639. The van der Waals surface area contributed by atoms with Crippen LogP contribution in [0.3, 0.4) is 0 Å². The lowest BCUT2D eigenvalue weighted by Gasteiger charge is -2.03. The molecule has 0 bridgehead atoms. The van der Waals surface area contributed by atoms with Gasteiger partial charge in [-0.3, -0.25) is 4.79 Å². The maximum absolute atomic E-state index is 11.9. The number of ether oxygens (including phenoxy) is 1. The van der Waals surface area contributed by atoms with Crippen LogP contribution in [0.4, 0.5) is 5.69 Å². The lowest BCUT2D eigenvalue weighted by atomic mass is 10.2. The number of amides is 1. The molecule has 0 saturated carbocycles. The Morgan fingerprint density at radius 3 is 2.61 bits per heavy atom. The summed E-state index contributed by atoms with van der Waals surface area (Å²) in [5.41, 5.74) is 1.61. The van der Waals surface area contributed by atoms with Gasteiger partial charge in [0.25, 0.3) is 0 Å². The van der Waals surface area contributed by atoms with Gasteiger partial charge in [0, 0.05) is 23.1 Å². The number of hydrogen-bond acceptors (Lipinski definition) is 5. The van der Waals surface area contributed by atoms with Crippen LogP contribution in [0.15, 0.2) is 50.9 Å². The van der Waals surface area contributed by atoms with E-state index in [1.807, 2.05) is 12.1 Å². The Morgan fingerprint density at radius 1 is 1.26 bits per heavy atom. The SMILES string of the molecule is CC(=O)Nc1ccc(C2=N/C(=C/c3ccc(Br)s3)C(=O)O2)cc1. The first-order chi connectivity index (χ1) is 11.0. The second-order valence-corrected chi connectivity index (χ2v) is 7.23.